The van der Waals surface area contributed by atoms with E-state index >= 15 is 0 Å². The van der Waals surface area contributed by atoms with Crippen LogP contribution in [0.15, 0.2) is 30.3 Å². The second kappa shape index (κ2) is 9.36. The molecule has 2 aromatic rings. The molecule has 0 aliphatic carbocycles. The Morgan fingerprint density at radius 3 is 2.45 bits per heavy atom. The zero-order valence-electron chi connectivity index (χ0n) is 16.7. The summed E-state index contributed by atoms with van der Waals surface area (Å²) in [6.45, 7) is 4.76. The standard InChI is InChI=1S/C21H25N3O5/c1-3-28-19(26)11-10-18(25)23-13-12-17-16(14-23)20(21(27)29-4-2)22-24(17)15-8-6-5-7-9-15/h5-9H,3-4,10-14H2,1-2H3. The van der Waals surface area contributed by atoms with Gasteiger partial charge in [-0.1, -0.05) is 18.2 Å². The van der Waals surface area contributed by atoms with Gasteiger partial charge >= 0.3 is 11.9 Å². The maximum atomic E-state index is 12.6. The minimum absolute atomic E-state index is 0.0457. The van der Waals surface area contributed by atoms with E-state index in [1.807, 2.05) is 30.3 Å². The van der Waals surface area contributed by atoms with Crippen molar-refractivity contribution in [2.75, 3.05) is 19.8 Å². The Hall–Kier alpha value is -3.16. The first kappa shape index (κ1) is 20.6. The Balaban J connectivity index is 1.84. The normalized spacial score (nSPS) is 13.0. The topological polar surface area (TPSA) is 90.7 Å². The second-order valence-electron chi connectivity index (χ2n) is 6.61. The molecule has 8 nitrogen and oxygen atoms in total. The van der Waals surface area contributed by atoms with E-state index < -0.39 is 5.97 Å². The second-order valence-corrected chi connectivity index (χ2v) is 6.61. The highest BCUT2D eigenvalue weighted by Gasteiger charge is 2.31. The molecular weight excluding hydrogens is 374 g/mol. The lowest BCUT2D eigenvalue weighted by atomic mass is 10.0. The number of rotatable bonds is 7. The van der Waals surface area contributed by atoms with Crippen molar-refractivity contribution in [3.05, 3.63) is 47.3 Å². The number of hydrogen-bond donors (Lipinski definition) is 0. The number of ether oxygens (including phenoxy) is 2. The molecule has 8 heteroatoms. The average Bonchev–Trinajstić information content (AvgIpc) is 3.12. The van der Waals surface area contributed by atoms with Crippen LogP contribution in [0, 0.1) is 0 Å². The Morgan fingerprint density at radius 2 is 1.76 bits per heavy atom. The summed E-state index contributed by atoms with van der Waals surface area (Å²) in [5, 5.41) is 4.50. The molecule has 0 unspecified atom stereocenters. The van der Waals surface area contributed by atoms with Gasteiger partial charge in [0, 0.05) is 31.5 Å². The predicted octanol–water partition coefficient (Wildman–Crippen LogP) is 2.28. The fourth-order valence-electron chi connectivity index (χ4n) is 3.38. The van der Waals surface area contributed by atoms with Gasteiger partial charge in [0.25, 0.3) is 0 Å². The Kier molecular flexibility index (Phi) is 6.64. The van der Waals surface area contributed by atoms with Gasteiger partial charge < -0.3 is 14.4 Å². The monoisotopic (exact) mass is 399 g/mol. The van der Waals surface area contributed by atoms with Crippen LogP contribution in [0.1, 0.15) is 48.4 Å². The third-order valence-electron chi connectivity index (χ3n) is 4.73. The smallest absolute Gasteiger partial charge is 0.359 e. The predicted molar refractivity (Wildman–Crippen MR) is 105 cm³/mol. The lowest BCUT2D eigenvalue weighted by Gasteiger charge is -2.27. The number of hydrogen-bond acceptors (Lipinski definition) is 6. The third kappa shape index (κ3) is 4.64. The molecule has 1 aliphatic heterocycles. The zero-order chi connectivity index (χ0) is 20.8. The van der Waals surface area contributed by atoms with E-state index in [-0.39, 0.29) is 43.6 Å². The number of carbonyl (C=O) groups is 3. The van der Waals surface area contributed by atoms with Crippen molar-refractivity contribution in [2.24, 2.45) is 0 Å². The minimum atomic E-state index is -0.501. The van der Waals surface area contributed by atoms with Crippen molar-refractivity contribution < 1.29 is 23.9 Å². The first-order valence-corrected chi connectivity index (χ1v) is 9.81. The Bertz CT molecular complexity index is 891. The fraction of sp³-hybridized carbons (Fsp3) is 0.429. The van der Waals surface area contributed by atoms with Crippen LogP contribution in [0.4, 0.5) is 0 Å². The van der Waals surface area contributed by atoms with Crippen molar-refractivity contribution in [2.45, 2.75) is 39.7 Å². The zero-order valence-corrected chi connectivity index (χ0v) is 16.7. The van der Waals surface area contributed by atoms with Crippen LogP contribution in [0.2, 0.25) is 0 Å². The Morgan fingerprint density at radius 1 is 1.03 bits per heavy atom. The molecule has 29 heavy (non-hydrogen) atoms. The summed E-state index contributed by atoms with van der Waals surface area (Å²) in [6, 6.07) is 9.55. The summed E-state index contributed by atoms with van der Waals surface area (Å²) in [6.07, 6.45) is 0.682. The van der Waals surface area contributed by atoms with Crippen molar-refractivity contribution in [1.29, 1.82) is 0 Å². The van der Waals surface area contributed by atoms with Gasteiger partial charge in [0.1, 0.15) is 0 Å². The number of aromatic nitrogens is 2. The van der Waals surface area contributed by atoms with Gasteiger partial charge in [0.2, 0.25) is 5.91 Å². The van der Waals surface area contributed by atoms with E-state index in [1.54, 1.807) is 23.4 Å². The number of benzene rings is 1. The number of amides is 1. The summed E-state index contributed by atoms with van der Waals surface area (Å²) in [5.74, 6) is -1.03. The van der Waals surface area contributed by atoms with Gasteiger partial charge in [-0.25, -0.2) is 9.48 Å². The van der Waals surface area contributed by atoms with Gasteiger partial charge in [-0.05, 0) is 26.0 Å². The molecule has 0 saturated heterocycles. The van der Waals surface area contributed by atoms with E-state index in [2.05, 4.69) is 5.10 Å². The maximum absolute atomic E-state index is 12.6. The molecular formula is C21H25N3O5. The van der Waals surface area contributed by atoms with Crippen molar-refractivity contribution >= 4 is 17.8 Å². The molecule has 1 amide bonds. The highest BCUT2D eigenvalue weighted by molar-refractivity contribution is 5.90. The molecule has 0 bridgehead atoms. The van der Waals surface area contributed by atoms with Crippen LogP contribution in [-0.2, 0) is 32.0 Å². The highest BCUT2D eigenvalue weighted by atomic mass is 16.5. The molecule has 0 saturated carbocycles. The van der Waals surface area contributed by atoms with Gasteiger partial charge in [-0.3, -0.25) is 9.59 Å². The minimum Gasteiger partial charge on any atom is -0.466 e. The molecule has 0 N–H and O–H groups in total. The van der Waals surface area contributed by atoms with E-state index in [4.69, 9.17) is 9.47 Å². The first-order chi connectivity index (χ1) is 14.0. The van der Waals surface area contributed by atoms with Crippen LogP contribution in [0.25, 0.3) is 5.69 Å². The molecule has 3 rings (SSSR count). The van der Waals surface area contributed by atoms with E-state index in [9.17, 15) is 14.4 Å². The van der Waals surface area contributed by atoms with E-state index in [0.717, 1.165) is 11.4 Å². The summed E-state index contributed by atoms with van der Waals surface area (Å²) in [4.78, 5) is 38.2. The quantitative estimate of drug-likeness (QED) is 0.664. The number of esters is 2. The molecule has 2 heterocycles. The summed E-state index contributed by atoms with van der Waals surface area (Å²) >= 11 is 0. The largest absolute Gasteiger partial charge is 0.466 e. The number of fused-ring (bicyclic) bond motifs is 1. The van der Waals surface area contributed by atoms with Crippen molar-refractivity contribution in [1.82, 2.24) is 14.7 Å². The fourth-order valence-corrected chi connectivity index (χ4v) is 3.38. The number of carbonyl (C=O) groups excluding carboxylic acids is 3. The summed E-state index contributed by atoms with van der Waals surface area (Å²) in [5.41, 5.74) is 2.67. The summed E-state index contributed by atoms with van der Waals surface area (Å²) in [7, 11) is 0. The maximum Gasteiger partial charge on any atom is 0.359 e. The van der Waals surface area contributed by atoms with Crippen LogP contribution >= 0.6 is 0 Å². The Labute approximate surface area is 169 Å². The lowest BCUT2D eigenvalue weighted by molar-refractivity contribution is -0.145. The molecule has 1 aromatic carbocycles. The van der Waals surface area contributed by atoms with Crippen LogP contribution in [0.3, 0.4) is 0 Å². The molecule has 0 atom stereocenters. The van der Waals surface area contributed by atoms with Crippen molar-refractivity contribution in [3.63, 3.8) is 0 Å². The number of nitrogens with zero attached hydrogens (tertiary/aromatic N) is 3. The molecule has 1 aliphatic rings. The average molecular weight is 399 g/mol. The lowest BCUT2D eigenvalue weighted by Crippen LogP contribution is -2.37. The first-order valence-electron chi connectivity index (χ1n) is 9.81. The SMILES string of the molecule is CCOC(=O)CCC(=O)N1CCc2c(c(C(=O)OCC)nn2-c2ccccc2)C1. The third-order valence-corrected chi connectivity index (χ3v) is 4.73. The van der Waals surface area contributed by atoms with Crippen LogP contribution in [-0.4, -0.2) is 52.3 Å². The molecule has 0 fully saturated rings. The van der Waals surface area contributed by atoms with Gasteiger partial charge in [0.05, 0.1) is 31.0 Å². The van der Waals surface area contributed by atoms with Crippen molar-refractivity contribution in [3.8, 4) is 5.69 Å². The van der Waals surface area contributed by atoms with Crippen LogP contribution < -0.4 is 0 Å². The van der Waals surface area contributed by atoms with Gasteiger partial charge in [-0.15, -0.1) is 0 Å². The molecule has 0 radical (unpaired) electrons. The number of para-hydroxylation sites is 1. The molecule has 154 valence electrons. The van der Waals surface area contributed by atoms with Gasteiger partial charge in [0.15, 0.2) is 5.69 Å². The molecule has 0 spiro atoms. The van der Waals surface area contributed by atoms with E-state index in [0.29, 0.717) is 25.1 Å². The molecule has 1 aromatic heterocycles. The van der Waals surface area contributed by atoms with Crippen LogP contribution in [0.5, 0.6) is 0 Å². The summed E-state index contributed by atoms with van der Waals surface area (Å²) < 4.78 is 11.8. The van der Waals surface area contributed by atoms with Gasteiger partial charge in [-0.2, -0.15) is 5.10 Å². The highest BCUT2D eigenvalue weighted by Crippen LogP contribution is 2.26. The van der Waals surface area contributed by atoms with E-state index in [1.165, 1.54) is 0 Å².